The van der Waals surface area contributed by atoms with Gasteiger partial charge in [-0.25, -0.2) is 4.98 Å². The van der Waals surface area contributed by atoms with Crippen LogP contribution in [0.15, 0.2) is 16.7 Å². The average Bonchev–Trinajstić information content (AvgIpc) is 2.67. The zero-order valence-electron chi connectivity index (χ0n) is 11.2. The fourth-order valence-electron chi connectivity index (χ4n) is 2.06. The van der Waals surface area contributed by atoms with E-state index in [2.05, 4.69) is 15.5 Å². The zero-order valence-corrected chi connectivity index (χ0v) is 12.7. The standard InChI is InChI=1S/C13H13Cl2N3O2/c1-6(12-7(2)18-20-8(12)3)16-13(19)9-4-10(14)17-11(15)5-9/h4-6H,1-3H3,(H,16,19). The lowest BCUT2D eigenvalue weighted by atomic mass is 10.1. The van der Waals surface area contributed by atoms with Crippen LogP contribution < -0.4 is 5.32 Å². The molecule has 1 unspecified atom stereocenters. The monoisotopic (exact) mass is 313 g/mol. The Morgan fingerprint density at radius 3 is 2.40 bits per heavy atom. The van der Waals surface area contributed by atoms with E-state index in [1.54, 1.807) is 6.92 Å². The van der Waals surface area contributed by atoms with Crippen LogP contribution in [0, 0.1) is 13.8 Å². The molecular weight excluding hydrogens is 301 g/mol. The van der Waals surface area contributed by atoms with Crippen LogP contribution in [0.3, 0.4) is 0 Å². The summed E-state index contributed by atoms with van der Waals surface area (Å²) in [6, 6.07) is 2.69. The normalized spacial score (nSPS) is 12.2. The largest absolute Gasteiger partial charge is 0.361 e. The van der Waals surface area contributed by atoms with Gasteiger partial charge in [0.15, 0.2) is 0 Å². The van der Waals surface area contributed by atoms with Crippen molar-refractivity contribution in [3.63, 3.8) is 0 Å². The van der Waals surface area contributed by atoms with E-state index in [1.807, 2.05) is 13.8 Å². The highest BCUT2D eigenvalue weighted by molar-refractivity contribution is 6.33. The number of hydrogen-bond donors (Lipinski definition) is 1. The Labute approximate surface area is 126 Å². The van der Waals surface area contributed by atoms with Gasteiger partial charge in [-0.3, -0.25) is 4.79 Å². The van der Waals surface area contributed by atoms with Crippen LogP contribution in [-0.4, -0.2) is 16.0 Å². The SMILES string of the molecule is Cc1noc(C)c1C(C)NC(=O)c1cc(Cl)nc(Cl)c1. The van der Waals surface area contributed by atoms with Gasteiger partial charge in [-0.15, -0.1) is 0 Å². The molecule has 2 heterocycles. The van der Waals surface area contributed by atoms with E-state index in [-0.39, 0.29) is 22.3 Å². The lowest BCUT2D eigenvalue weighted by Gasteiger charge is -2.14. The molecule has 0 spiro atoms. The summed E-state index contributed by atoms with van der Waals surface area (Å²) in [7, 11) is 0. The summed E-state index contributed by atoms with van der Waals surface area (Å²) in [5.41, 5.74) is 1.97. The molecular formula is C13H13Cl2N3O2. The maximum absolute atomic E-state index is 12.2. The molecule has 2 rings (SSSR count). The lowest BCUT2D eigenvalue weighted by Crippen LogP contribution is -2.27. The topological polar surface area (TPSA) is 68.0 Å². The van der Waals surface area contributed by atoms with Crippen LogP contribution in [-0.2, 0) is 0 Å². The van der Waals surface area contributed by atoms with Crippen molar-refractivity contribution in [2.75, 3.05) is 0 Å². The van der Waals surface area contributed by atoms with Gasteiger partial charge in [0, 0.05) is 11.1 Å². The number of nitrogens with zero attached hydrogens (tertiary/aromatic N) is 2. The van der Waals surface area contributed by atoms with Crippen LogP contribution in [0.5, 0.6) is 0 Å². The van der Waals surface area contributed by atoms with Crippen molar-refractivity contribution in [1.82, 2.24) is 15.5 Å². The molecule has 1 atom stereocenters. The summed E-state index contributed by atoms with van der Waals surface area (Å²) >= 11 is 11.6. The minimum Gasteiger partial charge on any atom is -0.361 e. The molecule has 0 radical (unpaired) electrons. The van der Waals surface area contributed by atoms with Gasteiger partial charge < -0.3 is 9.84 Å². The first kappa shape index (κ1) is 14.8. The Hall–Kier alpha value is -1.59. The second kappa shape index (κ2) is 5.81. The molecule has 0 bridgehead atoms. The second-order valence-electron chi connectivity index (χ2n) is 4.43. The number of pyridine rings is 1. The van der Waals surface area contributed by atoms with Crippen molar-refractivity contribution in [1.29, 1.82) is 0 Å². The van der Waals surface area contributed by atoms with Crippen molar-refractivity contribution >= 4 is 29.1 Å². The number of aromatic nitrogens is 2. The fourth-order valence-corrected chi connectivity index (χ4v) is 2.52. The number of hydrogen-bond acceptors (Lipinski definition) is 4. The van der Waals surface area contributed by atoms with Gasteiger partial charge >= 0.3 is 0 Å². The molecule has 1 N–H and O–H groups in total. The molecule has 0 aliphatic heterocycles. The third-order valence-corrected chi connectivity index (χ3v) is 3.28. The van der Waals surface area contributed by atoms with E-state index in [0.29, 0.717) is 11.3 Å². The van der Waals surface area contributed by atoms with Gasteiger partial charge in [0.05, 0.1) is 11.7 Å². The average molecular weight is 314 g/mol. The van der Waals surface area contributed by atoms with E-state index < -0.39 is 0 Å². The summed E-state index contributed by atoms with van der Waals surface area (Å²) < 4.78 is 5.09. The fraction of sp³-hybridized carbons (Fsp3) is 0.308. The molecule has 1 amide bonds. The van der Waals surface area contributed by atoms with Crippen LogP contribution in [0.2, 0.25) is 10.3 Å². The smallest absolute Gasteiger partial charge is 0.251 e. The van der Waals surface area contributed by atoms with Gasteiger partial charge in [0.1, 0.15) is 16.1 Å². The van der Waals surface area contributed by atoms with Crippen molar-refractivity contribution in [3.8, 4) is 0 Å². The predicted octanol–water partition coefficient (Wildman–Crippen LogP) is 3.48. The number of nitrogens with one attached hydrogen (secondary N) is 1. The Kier molecular flexibility index (Phi) is 4.30. The predicted molar refractivity (Wildman–Crippen MR) is 76.1 cm³/mol. The maximum Gasteiger partial charge on any atom is 0.251 e. The second-order valence-corrected chi connectivity index (χ2v) is 5.21. The number of carbonyl (C=O) groups is 1. The van der Waals surface area contributed by atoms with Gasteiger partial charge in [-0.1, -0.05) is 28.4 Å². The van der Waals surface area contributed by atoms with Crippen molar-refractivity contribution in [2.24, 2.45) is 0 Å². The maximum atomic E-state index is 12.2. The quantitative estimate of drug-likeness (QED) is 0.881. The molecule has 0 aromatic carbocycles. The van der Waals surface area contributed by atoms with Gasteiger partial charge in [-0.05, 0) is 32.9 Å². The molecule has 106 valence electrons. The molecule has 0 aliphatic rings. The highest BCUT2D eigenvalue weighted by atomic mass is 35.5. The third kappa shape index (κ3) is 3.11. The number of halogens is 2. The Morgan fingerprint density at radius 2 is 1.90 bits per heavy atom. The van der Waals surface area contributed by atoms with E-state index in [0.717, 1.165) is 11.3 Å². The third-order valence-electron chi connectivity index (χ3n) is 2.89. The lowest BCUT2D eigenvalue weighted by molar-refractivity contribution is 0.0939. The number of rotatable bonds is 3. The number of amides is 1. The Bertz CT molecular complexity index is 615. The minimum absolute atomic E-state index is 0.174. The first-order chi connectivity index (χ1) is 9.38. The summed E-state index contributed by atoms with van der Waals surface area (Å²) in [6.07, 6.45) is 0. The number of aryl methyl sites for hydroxylation is 2. The zero-order chi connectivity index (χ0) is 14.9. The highest BCUT2D eigenvalue weighted by Gasteiger charge is 2.19. The highest BCUT2D eigenvalue weighted by Crippen LogP contribution is 2.22. The Balaban J connectivity index is 2.19. The van der Waals surface area contributed by atoms with Gasteiger partial charge in [0.25, 0.3) is 5.91 Å². The van der Waals surface area contributed by atoms with Crippen molar-refractivity contribution < 1.29 is 9.32 Å². The molecule has 7 heteroatoms. The molecule has 20 heavy (non-hydrogen) atoms. The van der Waals surface area contributed by atoms with Crippen molar-refractivity contribution in [2.45, 2.75) is 26.8 Å². The molecule has 0 fully saturated rings. The molecule has 0 aliphatic carbocycles. The first-order valence-corrected chi connectivity index (χ1v) is 6.70. The van der Waals surface area contributed by atoms with Crippen molar-refractivity contribution in [3.05, 3.63) is 45.0 Å². The summed E-state index contributed by atoms with van der Waals surface area (Å²) in [5, 5.41) is 7.07. The van der Waals surface area contributed by atoms with Crippen LogP contribution in [0.4, 0.5) is 0 Å². The van der Waals surface area contributed by atoms with E-state index in [9.17, 15) is 4.79 Å². The van der Waals surface area contributed by atoms with Crippen LogP contribution in [0.25, 0.3) is 0 Å². The molecule has 0 saturated carbocycles. The van der Waals surface area contributed by atoms with Crippen LogP contribution >= 0.6 is 23.2 Å². The molecule has 2 aromatic rings. The molecule has 2 aromatic heterocycles. The van der Waals surface area contributed by atoms with Gasteiger partial charge in [0.2, 0.25) is 0 Å². The summed E-state index contributed by atoms with van der Waals surface area (Å²) in [6.45, 7) is 5.49. The van der Waals surface area contributed by atoms with Crippen LogP contribution in [0.1, 0.15) is 40.3 Å². The summed E-state index contributed by atoms with van der Waals surface area (Å²) in [4.78, 5) is 16.0. The van der Waals surface area contributed by atoms with Gasteiger partial charge in [-0.2, -0.15) is 0 Å². The van der Waals surface area contributed by atoms with E-state index in [1.165, 1.54) is 12.1 Å². The van der Waals surface area contributed by atoms with E-state index in [4.69, 9.17) is 27.7 Å². The molecule has 0 saturated heterocycles. The first-order valence-electron chi connectivity index (χ1n) is 5.95. The summed E-state index contributed by atoms with van der Waals surface area (Å²) in [5.74, 6) is 0.393. The number of carbonyl (C=O) groups excluding carboxylic acids is 1. The minimum atomic E-state index is -0.288. The Morgan fingerprint density at radius 1 is 1.30 bits per heavy atom. The molecule has 5 nitrogen and oxygen atoms in total. The van der Waals surface area contributed by atoms with E-state index >= 15 is 0 Å².